The van der Waals surface area contributed by atoms with Crippen molar-refractivity contribution in [2.75, 3.05) is 26.7 Å². The van der Waals surface area contributed by atoms with E-state index >= 15 is 0 Å². The van der Waals surface area contributed by atoms with Crippen molar-refractivity contribution in [1.29, 1.82) is 0 Å². The number of carbonyl (C=O) groups is 1. The Bertz CT molecular complexity index is 694. The molecule has 0 spiro atoms. The maximum atomic E-state index is 12.4. The van der Waals surface area contributed by atoms with E-state index in [1.165, 1.54) is 5.56 Å². The number of ether oxygens (including phenoxy) is 1. The van der Waals surface area contributed by atoms with Gasteiger partial charge in [-0.15, -0.1) is 0 Å². The summed E-state index contributed by atoms with van der Waals surface area (Å²) >= 11 is 0. The third-order valence-electron chi connectivity index (χ3n) is 5.07. The molecule has 1 aliphatic rings. The predicted molar refractivity (Wildman–Crippen MR) is 104 cm³/mol. The van der Waals surface area contributed by atoms with Crippen molar-refractivity contribution in [3.63, 3.8) is 0 Å². The van der Waals surface area contributed by atoms with Gasteiger partial charge >= 0.3 is 0 Å². The Balaban J connectivity index is 1.38. The van der Waals surface area contributed by atoms with Crippen molar-refractivity contribution in [3.8, 4) is 5.75 Å². The molecule has 0 saturated carbocycles. The Morgan fingerprint density at radius 1 is 1.08 bits per heavy atom. The number of hydrogen-bond acceptors (Lipinski definition) is 3. The Kier molecular flexibility index (Phi) is 6.67. The molecule has 2 aromatic rings. The number of nitrogens with one attached hydrogen (secondary N) is 1. The van der Waals surface area contributed by atoms with Crippen molar-refractivity contribution in [2.24, 2.45) is 5.92 Å². The fourth-order valence-electron chi connectivity index (χ4n) is 3.54. The van der Waals surface area contributed by atoms with E-state index in [9.17, 15) is 4.79 Å². The van der Waals surface area contributed by atoms with Gasteiger partial charge in [0.15, 0.2) is 0 Å². The minimum Gasteiger partial charge on any atom is -0.497 e. The molecule has 3 rings (SSSR count). The molecule has 1 fully saturated rings. The van der Waals surface area contributed by atoms with E-state index in [0.717, 1.165) is 43.7 Å². The fraction of sp³-hybridized carbons (Fsp3) is 0.409. The van der Waals surface area contributed by atoms with Crippen LogP contribution in [0.5, 0.6) is 5.75 Å². The van der Waals surface area contributed by atoms with E-state index in [2.05, 4.69) is 35.6 Å². The fourth-order valence-corrected chi connectivity index (χ4v) is 3.54. The predicted octanol–water partition coefficient (Wildman–Crippen LogP) is 3.27. The summed E-state index contributed by atoms with van der Waals surface area (Å²) in [6.07, 6.45) is 3.31. The normalized spacial score (nSPS) is 15.0. The van der Waals surface area contributed by atoms with Gasteiger partial charge < -0.3 is 15.0 Å². The van der Waals surface area contributed by atoms with Crippen molar-refractivity contribution < 1.29 is 9.53 Å². The molecule has 1 saturated heterocycles. The van der Waals surface area contributed by atoms with Gasteiger partial charge in [0.05, 0.1) is 13.7 Å². The smallest absolute Gasteiger partial charge is 0.236 e. The first-order chi connectivity index (χ1) is 12.7. The summed E-state index contributed by atoms with van der Waals surface area (Å²) in [5, 5.41) is 3.25. The van der Waals surface area contributed by atoms with Gasteiger partial charge in [-0.05, 0) is 48.4 Å². The first-order valence-electron chi connectivity index (χ1n) is 9.40. The molecule has 0 radical (unpaired) electrons. The molecule has 4 heteroatoms. The summed E-state index contributed by atoms with van der Waals surface area (Å²) in [5.41, 5.74) is 2.52. The molecule has 1 N–H and O–H groups in total. The van der Waals surface area contributed by atoms with Crippen LogP contribution in [0.3, 0.4) is 0 Å². The summed E-state index contributed by atoms with van der Waals surface area (Å²) in [6, 6.07) is 18.6. The van der Waals surface area contributed by atoms with Crippen LogP contribution in [0.2, 0.25) is 0 Å². The highest BCUT2D eigenvalue weighted by Gasteiger charge is 2.22. The number of likely N-dealkylation sites (tertiary alicyclic amines) is 1. The summed E-state index contributed by atoms with van der Waals surface area (Å²) < 4.78 is 5.23. The summed E-state index contributed by atoms with van der Waals surface area (Å²) in [6.45, 7) is 2.81. The third kappa shape index (κ3) is 5.33. The Morgan fingerprint density at radius 2 is 1.81 bits per heavy atom. The topological polar surface area (TPSA) is 41.6 Å². The number of piperidine rings is 1. The first kappa shape index (κ1) is 18.5. The zero-order chi connectivity index (χ0) is 18.2. The monoisotopic (exact) mass is 352 g/mol. The molecule has 0 aromatic heterocycles. The summed E-state index contributed by atoms with van der Waals surface area (Å²) in [4.78, 5) is 14.4. The van der Waals surface area contributed by atoms with Gasteiger partial charge in [-0.3, -0.25) is 4.79 Å². The number of methoxy groups -OCH3 is 1. The molecule has 2 aromatic carbocycles. The summed E-state index contributed by atoms with van der Waals surface area (Å²) in [5.74, 6) is 1.73. The lowest BCUT2D eigenvalue weighted by Gasteiger charge is -2.32. The zero-order valence-corrected chi connectivity index (χ0v) is 15.5. The van der Waals surface area contributed by atoms with Crippen LogP contribution in [0.25, 0.3) is 0 Å². The quantitative estimate of drug-likeness (QED) is 0.832. The van der Waals surface area contributed by atoms with Gasteiger partial charge in [0.2, 0.25) is 5.91 Å². The van der Waals surface area contributed by atoms with E-state index in [-0.39, 0.29) is 5.91 Å². The molecular formula is C22H28N2O2. The van der Waals surface area contributed by atoms with Crippen LogP contribution in [-0.4, -0.2) is 37.6 Å². The maximum absolute atomic E-state index is 12.4. The van der Waals surface area contributed by atoms with Crippen LogP contribution >= 0.6 is 0 Å². The highest BCUT2D eigenvalue weighted by atomic mass is 16.5. The third-order valence-corrected chi connectivity index (χ3v) is 5.07. The van der Waals surface area contributed by atoms with Crippen molar-refractivity contribution in [2.45, 2.75) is 25.8 Å². The molecule has 0 atom stereocenters. The SMILES string of the molecule is COc1cccc(CNCC(=O)N2CCC(Cc3ccccc3)CC2)c1. The maximum Gasteiger partial charge on any atom is 0.236 e. The number of nitrogens with zero attached hydrogens (tertiary/aromatic N) is 1. The number of amides is 1. The van der Waals surface area contributed by atoms with Crippen LogP contribution < -0.4 is 10.1 Å². The van der Waals surface area contributed by atoms with Gasteiger partial charge in [0, 0.05) is 19.6 Å². The second-order valence-electron chi connectivity index (χ2n) is 6.97. The second kappa shape index (κ2) is 9.39. The summed E-state index contributed by atoms with van der Waals surface area (Å²) in [7, 11) is 1.66. The van der Waals surface area contributed by atoms with Crippen LogP contribution in [0.15, 0.2) is 54.6 Å². The van der Waals surface area contributed by atoms with Gasteiger partial charge in [-0.2, -0.15) is 0 Å². The van der Waals surface area contributed by atoms with E-state index in [4.69, 9.17) is 4.74 Å². The molecule has 0 unspecified atom stereocenters. The van der Waals surface area contributed by atoms with E-state index < -0.39 is 0 Å². The zero-order valence-electron chi connectivity index (χ0n) is 15.5. The molecule has 1 aliphatic heterocycles. The van der Waals surface area contributed by atoms with Crippen molar-refractivity contribution in [1.82, 2.24) is 10.2 Å². The van der Waals surface area contributed by atoms with E-state index in [1.807, 2.05) is 29.2 Å². The first-order valence-corrected chi connectivity index (χ1v) is 9.40. The van der Waals surface area contributed by atoms with Crippen molar-refractivity contribution >= 4 is 5.91 Å². The second-order valence-corrected chi connectivity index (χ2v) is 6.97. The lowest BCUT2D eigenvalue weighted by atomic mass is 9.90. The average Bonchev–Trinajstić information content (AvgIpc) is 2.69. The number of hydrogen-bond donors (Lipinski definition) is 1. The van der Waals surface area contributed by atoms with Gasteiger partial charge in [0.1, 0.15) is 5.75 Å². The number of carbonyl (C=O) groups excluding carboxylic acids is 1. The number of rotatable bonds is 7. The molecular weight excluding hydrogens is 324 g/mol. The van der Waals surface area contributed by atoms with Crippen LogP contribution in [0.4, 0.5) is 0 Å². The Hall–Kier alpha value is -2.33. The van der Waals surface area contributed by atoms with Gasteiger partial charge in [-0.1, -0.05) is 42.5 Å². The lowest BCUT2D eigenvalue weighted by Crippen LogP contribution is -2.43. The molecule has 26 heavy (non-hydrogen) atoms. The average molecular weight is 352 g/mol. The number of benzene rings is 2. The largest absolute Gasteiger partial charge is 0.497 e. The van der Waals surface area contributed by atoms with E-state index in [0.29, 0.717) is 19.0 Å². The van der Waals surface area contributed by atoms with Crippen LogP contribution in [-0.2, 0) is 17.8 Å². The molecule has 0 bridgehead atoms. The molecule has 1 amide bonds. The van der Waals surface area contributed by atoms with Gasteiger partial charge in [-0.25, -0.2) is 0 Å². The van der Waals surface area contributed by atoms with Crippen LogP contribution in [0.1, 0.15) is 24.0 Å². The Morgan fingerprint density at radius 3 is 2.54 bits per heavy atom. The Labute approximate surface area is 156 Å². The molecule has 4 nitrogen and oxygen atoms in total. The highest BCUT2D eigenvalue weighted by molar-refractivity contribution is 5.78. The minimum absolute atomic E-state index is 0.200. The van der Waals surface area contributed by atoms with Crippen LogP contribution in [0, 0.1) is 5.92 Å². The minimum atomic E-state index is 0.200. The standard InChI is InChI=1S/C22H28N2O2/c1-26-21-9-5-8-20(15-21)16-23-17-22(25)24-12-10-19(11-13-24)14-18-6-3-2-4-7-18/h2-9,15,19,23H,10-14,16-17H2,1H3. The molecule has 0 aliphatic carbocycles. The molecule has 138 valence electrons. The highest BCUT2D eigenvalue weighted by Crippen LogP contribution is 2.21. The van der Waals surface area contributed by atoms with E-state index in [1.54, 1.807) is 7.11 Å². The van der Waals surface area contributed by atoms with Crippen molar-refractivity contribution in [3.05, 3.63) is 65.7 Å². The molecule has 1 heterocycles. The van der Waals surface area contributed by atoms with Gasteiger partial charge in [0.25, 0.3) is 0 Å². The lowest BCUT2D eigenvalue weighted by molar-refractivity contribution is -0.131.